The van der Waals surface area contributed by atoms with E-state index in [1.54, 1.807) is 24.3 Å². The van der Waals surface area contributed by atoms with Gasteiger partial charge in [0.1, 0.15) is 11.3 Å². The maximum Gasteiger partial charge on any atom is 0.336 e. The zero-order valence-corrected chi connectivity index (χ0v) is 14.8. The Labute approximate surface area is 151 Å². The molecule has 0 radical (unpaired) electrons. The Morgan fingerprint density at radius 2 is 1.85 bits per heavy atom. The molecule has 0 spiro atoms. The smallest absolute Gasteiger partial charge is 0.336 e. The van der Waals surface area contributed by atoms with Crippen LogP contribution in [0.1, 0.15) is 30.5 Å². The van der Waals surface area contributed by atoms with Crippen LogP contribution in [0.15, 0.2) is 63.8 Å². The van der Waals surface area contributed by atoms with Gasteiger partial charge in [0.25, 0.3) is 5.91 Å². The molecule has 0 fully saturated rings. The van der Waals surface area contributed by atoms with Crippen LogP contribution in [0.3, 0.4) is 0 Å². The highest BCUT2D eigenvalue weighted by Crippen LogP contribution is 2.20. The first-order valence-electron chi connectivity index (χ1n) is 8.58. The van der Waals surface area contributed by atoms with Gasteiger partial charge in [-0.05, 0) is 37.1 Å². The zero-order chi connectivity index (χ0) is 18.5. The molecule has 0 saturated carbocycles. The molecule has 5 nitrogen and oxygen atoms in total. The molecule has 2 aromatic carbocycles. The number of aryl methyl sites for hydroxylation is 1. The average molecular weight is 351 g/mol. The molecule has 5 heteroatoms. The topological polar surface area (TPSA) is 68.5 Å². The number of nitrogens with one attached hydrogen (secondary N) is 1. The summed E-state index contributed by atoms with van der Waals surface area (Å²) in [5.74, 6) is 0.275. The molecule has 1 amide bonds. The highest BCUT2D eigenvalue weighted by molar-refractivity contribution is 5.79. The maximum atomic E-state index is 12.2. The molecule has 26 heavy (non-hydrogen) atoms. The molecular weight excluding hydrogens is 330 g/mol. The van der Waals surface area contributed by atoms with Gasteiger partial charge in [0.05, 0.1) is 6.04 Å². The van der Waals surface area contributed by atoms with Crippen molar-refractivity contribution in [3.8, 4) is 5.75 Å². The van der Waals surface area contributed by atoms with Crippen molar-refractivity contribution >= 4 is 16.9 Å². The molecule has 3 rings (SSSR count). The number of carbonyl (C=O) groups is 1. The van der Waals surface area contributed by atoms with Crippen molar-refractivity contribution in [1.29, 1.82) is 0 Å². The van der Waals surface area contributed by atoms with E-state index in [0.29, 0.717) is 11.3 Å². The third kappa shape index (κ3) is 4.30. The first kappa shape index (κ1) is 17.7. The molecule has 0 bridgehead atoms. The largest absolute Gasteiger partial charge is 0.484 e. The van der Waals surface area contributed by atoms with Gasteiger partial charge in [-0.2, -0.15) is 0 Å². The van der Waals surface area contributed by atoms with E-state index in [1.165, 1.54) is 11.6 Å². The van der Waals surface area contributed by atoms with Crippen LogP contribution in [0.25, 0.3) is 11.0 Å². The number of fused-ring (bicyclic) bond motifs is 1. The van der Waals surface area contributed by atoms with Crippen LogP contribution >= 0.6 is 0 Å². The average Bonchev–Trinajstić information content (AvgIpc) is 2.65. The standard InChI is InChI=1S/C21H21NO4/c1-3-18(15-6-4-14(2)5-7-15)22-20(23)13-25-17-10-8-16-9-11-21(24)26-19(16)12-17/h4-12,18H,3,13H2,1-2H3,(H,22,23). The zero-order valence-electron chi connectivity index (χ0n) is 14.8. The molecule has 134 valence electrons. The van der Waals surface area contributed by atoms with Gasteiger partial charge < -0.3 is 14.5 Å². The fraction of sp³-hybridized carbons (Fsp3) is 0.238. The van der Waals surface area contributed by atoms with Crippen molar-refractivity contribution in [3.63, 3.8) is 0 Å². The Morgan fingerprint density at radius 3 is 2.58 bits per heavy atom. The van der Waals surface area contributed by atoms with Gasteiger partial charge in [0, 0.05) is 17.5 Å². The predicted octanol–water partition coefficient (Wildman–Crippen LogP) is 3.75. The molecule has 1 aromatic heterocycles. The number of ether oxygens (including phenoxy) is 1. The normalized spacial score (nSPS) is 11.9. The molecule has 1 N–H and O–H groups in total. The van der Waals surface area contributed by atoms with Crippen LogP contribution < -0.4 is 15.7 Å². The van der Waals surface area contributed by atoms with Gasteiger partial charge in [0.15, 0.2) is 6.61 Å². The van der Waals surface area contributed by atoms with E-state index >= 15 is 0 Å². The van der Waals surface area contributed by atoms with Gasteiger partial charge in [-0.15, -0.1) is 0 Å². The third-order valence-corrected chi connectivity index (χ3v) is 4.19. The summed E-state index contributed by atoms with van der Waals surface area (Å²) in [6.45, 7) is 3.95. The summed E-state index contributed by atoms with van der Waals surface area (Å²) in [4.78, 5) is 23.5. The number of benzene rings is 2. The summed E-state index contributed by atoms with van der Waals surface area (Å²) in [5, 5.41) is 3.78. The Kier molecular flexibility index (Phi) is 5.37. The van der Waals surface area contributed by atoms with E-state index in [1.807, 2.05) is 38.1 Å². The van der Waals surface area contributed by atoms with Crippen molar-refractivity contribution in [2.75, 3.05) is 6.61 Å². The molecule has 0 aliphatic carbocycles. The Bertz CT molecular complexity index is 960. The number of carbonyl (C=O) groups excluding carboxylic acids is 1. The molecule has 0 aliphatic rings. The van der Waals surface area contributed by atoms with Crippen LogP contribution in [0.5, 0.6) is 5.75 Å². The van der Waals surface area contributed by atoms with E-state index < -0.39 is 5.63 Å². The minimum Gasteiger partial charge on any atom is -0.484 e. The highest BCUT2D eigenvalue weighted by atomic mass is 16.5. The molecule has 0 aliphatic heterocycles. The number of amides is 1. The lowest BCUT2D eigenvalue weighted by Gasteiger charge is -2.18. The summed E-state index contributed by atoms with van der Waals surface area (Å²) in [6.07, 6.45) is 0.788. The van der Waals surface area contributed by atoms with E-state index in [0.717, 1.165) is 17.4 Å². The lowest BCUT2D eigenvalue weighted by Crippen LogP contribution is -2.32. The summed E-state index contributed by atoms with van der Waals surface area (Å²) >= 11 is 0. The molecule has 1 atom stereocenters. The molecular formula is C21H21NO4. The Hall–Kier alpha value is -3.08. The molecule has 1 heterocycles. The van der Waals surface area contributed by atoms with Crippen LogP contribution in [-0.2, 0) is 4.79 Å². The molecule has 1 unspecified atom stereocenters. The summed E-state index contributed by atoms with van der Waals surface area (Å²) in [5.41, 5.74) is 2.26. The van der Waals surface area contributed by atoms with Crippen LogP contribution in [0, 0.1) is 6.92 Å². The fourth-order valence-electron chi connectivity index (χ4n) is 2.74. The quantitative estimate of drug-likeness (QED) is 0.687. The number of rotatable bonds is 6. The lowest BCUT2D eigenvalue weighted by atomic mass is 10.0. The van der Waals surface area contributed by atoms with Gasteiger partial charge in [0.2, 0.25) is 0 Å². The SMILES string of the molecule is CCC(NC(=O)COc1ccc2ccc(=O)oc2c1)c1ccc(C)cc1. The van der Waals surface area contributed by atoms with E-state index in [-0.39, 0.29) is 18.6 Å². The van der Waals surface area contributed by atoms with E-state index in [2.05, 4.69) is 5.32 Å². The summed E-state index contributed by atoms with van der Waals surface area (Å²) in [7, 11) is 0. The highest BCUT2D eigenvalue weighted by Gasteiger charge is 2.13. The van der Waals surface area contributed by atoms with Crippen molar-refractivity contribution in [2.24, 2.45) is 0 Å². The van der Waals surface area contributed by atoms with Gasteiger partial charge in [-0.1, -0.05) is 36.8 Å². The van der Waals surface area contributed by atoms with Gasteiger partial charge in [-0.25, -0.2) is 4.79 Å². The molecule has 3 aromatic rings. The second-order valence-corrected chi connectivity index (χ2v) is 6.18. The first-order chi connectivity index (χ1) is 12.5. The van der Waals surface area contributed by atoms with Crippen molar-refractivity contribution < 1.29 is 13.9 Å². The Balaban J connectivity index is 1.62. The van der Waals surface area contributed by atoms with Crippen molar-refractivity contribution in [1.82, 2.24) is 5.32 Å². The lowest BCUT2D eigenvalue weighted by molar-refractivity contribution is -0.123. The van der Waals surface area contributed by atoms with Crippen molar-refractivity contribution in [2.45, 2.75) is 26.3 Å². The van der Waals surface area contributed by atoms with Crippen molar-refractivity contribution in [3.05, 3.63) is 76.1 Å². The van der Waals surface area contributed by atoms with E-state index in [4.69, 9.17) is 9.15 Å². The second kappa shape index (κ2) is 7.87. The van der Waals surface area contributed by atoms with Crippen LogP contribution in [-0.4, -0.2) is 12.5 Å². The summed E-state index contributed by atoms with van der Waals surface area (Å²) < 4.78 is 10.7. The fourth-order valence-corrected chi connectivity index (χ4v) is 2.74. The monoisotopic (exact) mass is 351 g/mol. The van der Waals surface area contributed by atoms with Gasteiger partial charge >= 0.3 is 5.63 Å². The van der Waals surface area contributed by atoms with E-state index in [9.17, 15) is 9.59 Å². The minimum absolute atomic E-state index is 0.0543. The summed E-state index contributed by atoms with van der Waals surface area (Å²) in [6, 6.07) is 16.2. The number of hydrogen-bond donors (Lipinski definition) is 1. The minimum atomic E-state index is -0.420. The maximum absolute atomic E-state index is 12.2. The Morgan fingerprint density at radius 1 is 1.12 bits per heavy atom. The van der Waals surface area contributed by atoms with Gasteiger partial charge in [-0.3, -0.25) is 4.79 Å². The third-order valence-electron chi connectivity index (χ3n) is 4.19. The predicted molar refractivity (Wildman–Crippen MR) is 100 cm³/mol. The first-order valence-corrected chi connectivity index (χ1v) is 8.58. The second-order valence-electron chi connectivity index (χ2n) is 6.18. The van der Waals surface area contributed by atoms with Crippen LogP contribution in [0.4, 0.5) is 0 Å². The number of hydrogen-bond acceptors (Lipinski definition) is 4. The molecule has 0 saturated heterocycles. The van der Waals surface area contributed by atoms with Crippen LogP contribution in [0.2, 0.25) is 0 Å².